The lowest BCUT2D eigenvalue weighted by atomic mass is 10.5. The number of nitrogens with two attached hydrogens (primary N) is 1. The van der Waals surface area contributed by atoms with Crippen LogP contribution in [0.25, 0.3) is 0 Å². The summed E-state index contributed by atoms with van der Waals surface area (Å²) in [6.45, 7) is 8.03. The van der Waals surface area contributed by atoms with Gasteiger partial charge in [-0.2, -0.15) is 0 Å². The van der Waals surface area contributed by atoms with E-state index in [2.05, 4.69) is 0 Å². The molecule has 0 heterocycles. The molecule has 3 unspecified atom stereocenters. The van der Waals surface area contributed by atoms with Crippen LogP contribution in [-0.4, -0.2) is 95.2 Å². The van der Waals surface area contributed by atoms with Gasteiger partial charge in [-0.25, -0.2) is 0 Å². The van der Waals surface area contributed by atoms with Crippen molar-refractivity contribution in [2.24, 2.45) is 5.73 Å². The largest absolute Gasteiger partial charge is 0.507 e. The standard InChI is InChI=1S/C18H41NO9Si/c1-7-23-16(13-20-4)26-29(12-10-11-19,27-17(14-21-5)24-8-2)28-18(15-22-6)25-9-3/h16-18H,7-15,19H2,1-6H3. The van der Waals surface area contributed by atoms with E-state index in [-0.39, 0.29) is 19.8 Å². The second kappa shape index (κ2) is 18.6. The summed E-state index contributed by atoms with van der Waals surface area (Å²) in [6.07, 6.45) is -1.41. The molecule has 0 aromatic rings. The molecule has 0 aliphatic heterocycles. The van der Waals surface area contributed by atoms with Crippen LogP contribution in [0.1, 0.15) is 27.2 Å². The Morgan fingerprint density at radius 2 is 1.00 bits per heavy atom. The molecule has 0 bridgehead atoms. The number of rotatable bonds is 21. The molecule has 0 spiro atoms. The van der Waals surface area contributed by atoms with Crippen LogP contribution in [-0.2, 0) is 41.7 Å². The van der Waals surface area contributed by atoms with Gasteiger partial charge in [-0.3, -0.25) is 0 Å². The van der Waals surface area contributed by atoms with Crippen LogP contribution >= 0.6 is 0 Å². The van der Waals surface area contributed by atoms with E-state index in [1.54, 1.807) is 21.3 Å². The van der Waals surface area contributed by atoms with Gasteiger partial charge >= 0.3 is 8.80 Å². The number of ether oxygens (including phenoxy) is 6. The van der Waals surface area contributed by atoms with E-state index in [1.165, 1.54) is 0 Å². The fourth-order valence-corrected chi connectivity index (χ4v) is 5.26. The summed E-state index contributed by atoms with van der Waals surface area (Å²) in [5.74, 6) is 0. The highest BCUT2D eigenvalue weighted by Gasteiger charge is 2.48. The summed E-state index contributed by atoms with van der Waals surface area (Å²) in [4.78, 5) is 0. The predicted octanol–water partition coefficient (Wildman–Crippen LogP) is 1.35. The Morgan fingerprint density at radius 1 is 0.655 bits per heavy atom. The molecule has 0 saturated heterocycles. The highest BCUT2D eigenvalue weighted by atomic mass is 28.4. The Kier molecular flexibility index (Phi) is 18.5. The minimum absolute atomic E-state index is 0.213. The summed E-state index contributed by atoms with van der Waals surface area (Å²) in [5.41, 5.74) is 5.77. The van der Waals surface area contributed by atoms with E-state index in [0.29, 0.717) is 38.8 Å². The van der Waals surface area contributed by atoms with Gasteiger partial charge in [0.1, 0.15) is 0 Å². The Hall–Kier alpha value is -0.183. The average Bonchev–Trinajstić information content (AvgIpc) is 2.67. The summed E-state index contributed by atoms with van der Waals surface area (Å²) in [6, 6.07) is 0.442. The van der Waals surface area contributed by atoms with E-state index >= 15 is 0 Å². The normalized spacial score (nSPS) is 17.1. The molecule has 11 heteroatoms. The first-order valence-corrected chi connectivity index (χ1v) is 12.0. The number of hydrogen-bond acceptors (Lipinski definition) is 10. The third kappa shape index (κ3) is 13.0. The maximum atomic E-state index is 6.29. The predicted molar refractivity (Wildman–Crippen MR) is 109 cm³/mol. The molecule has 0 radical (unpaired) electrons. The molecule has 10 nitrogen and oxygen atoms in total. The van der Waals surface area contributed by atoms with Crippen molar-refractivity contribution in [1.29, 1.82) is 0 Å². The van der Waals surface area contributed by atoms with Gasteiger partial charge in [0.15, 0.2) is 18.9 Å². The smallest absolute Gasteiger partial charge is 0.379 e. The second-order valence-corrected chi connectivity index (χ2v) is 8.52. The first-order valence-electron chi connectivity index (χ1n) is 10.1. The molecular formula is C18H41NO9Si. The molecule has 0 amide bonds. The maximum absolute atomic E-state index is 6.29. The Balaban J connectivity index is 5.79. The van der Waals surface area contributed by atoms with Gasteiger partial charge < -0.3 is 47.4 Å². The van der Waals surface area contributed by atoms with Gasteiger partial charge in [-0.15, -0.1) is 0 Å². The van der Waals surface area contributed by atoms with Crippen molar-refractivity contribution >= 4 is 8.80 Å². The highest BCUT2D eigenvalue weighted by Crippen LogP contribution is 2.25. The minimum atomic E-state index is -3.42. The molecule has 0 aliphatic rings. The van der Waals surface area contributed by atoms with Crippen LogP contribution in [0.3, 0.4) is 0 Å². The summed E-state index contributed by atoms with van der Waals surface area (Å²) in [7, 11) is 1.29. The van der Waals surface area contributed by atoms with Crippen LogP contribution < -0.4 is 5.73 Å². The van der Waals surface area contributed by atoms with E-state index in [1.807, 2.05) is 20.8 Å². The first kappa shape index (κ1) is 28.8. The van der Waals surface area contributed by atoms with Crippen LogP contribution in [0.2, 0.25) is 6.04 Å². The van der Waals surface area contributed by atoms with E-state index in [9.17, 15) is 0 Å². The van der Waals surface area contributed by atoms with Gasteiger partial charge in [0.25, 0.3) is 0 Å². The molecule has 2 N–H and O–H groups in total. The SMILES string of the molecule is CCOC(COC)O[Si](CCCN)(OC(COC)OCC)OC(COC)OCC. The summed E-state index contributed by atoms with van der Waals surface area (Å²) in [5, 5.41) is 0. The van der Waals surface area contributed by atoms with Crippen molar-refractivity contribution in [3.63, 3.8) is 0 Å². The van der Waals surface area contributed by atoms with Gasteiger partial charge in [0, 0.05) is 47.2 Å². The summed E-state index contributed by atoms with van der Waals surface area (Å²) < 4.78 is 51.6. The molecule has 176 valence electrons. The fraction of sp³-hybridized carbons (Fsp3) is 1.00. The molecule has 3 atom stereocenters. The van der Waals surface area contributed by atoms with E-state index in [0.717, 1.165) is 0 Å². The minimum Gasteiger partial charge on any atom is -0.379 e. The third-order valence-corrected chi connectivity index (χ3v) is 6.42. The number of hydrogen-bond donors (Lipinski definition) is 1. The van der Waals surface area contributed by atoms with E-state index < -0.39 is 27.7 Å². The molecule has 0 saturated carbocycles. The highest BCUT2D eigenvalue weighted by molar-refractivity contribution is 6.60. The van der Waals surface area contributed by atoms with Crippen molar-refractivity contribution < 1.29 is 41.7 Å². The summed E-state index contributed by atoms with van der Waals surface area (Å²) >= 11 is 0. The van der Waals surface area contributed by atoms with Crippen molar-refractivity contribution in [2.75, 3.05) is 67.5 Å². The molecule has 0 aromatic heterocycles. The Morgan fingerprint density at radius 3 is 1.24 bits per heavy atom. The molecule has 29 heavy (non-hydrogen) atoms. The topological polar surface area (TPSA) is 109 Å². The zero-order valence-corrected chi connectivity index (χ0v) is 19.8. The lowest BCUT2D eigenvalue weighted by Crippen LogP contribution is -2.55. The van der Waals surface area contributed by atoms with Crippen LogP contribution in [0.4, 0.5) is 0 Å². The van der Waals surface area contributed by atoms with Crippen molar-refractivity contribution in [3.05, 3.63) is 0 Å². The lowest BCUT2D eigenvalue weighted by molar-refractivity contribution is -0.209. The second-order valence-electron chi connectivity index (χ2n) is 5.95. The lowest BCUT2D eigenvalue weighted by Gasteiger charge is -2.37. The third-order valence-electron chi connectivity index (χ3n) is 3.59. The first-order chi connectivity index (χ1) is 14.0. The van der Waals surface area contributed by atoms with E-state index in [4.69, 9.17) is 47.4 Å². The molecular weight excluding hydrogens is 402 g/mol. The monoisotopic (exact) mass is 443 g/mol. The van der Waals surface area contributed by atoms with Crippen LogP contribution in [0.15, 0.2) is 0 Å². The average molecular weight is 444 g/mol. The zero-order chi connectivity index (χ0) is 22.0. The van der Waals surface area contributed by atoms with Gasteiger partial charge in [-0.1, -0.05) is 0 Å². The van der Waals surface area contributed by atoms with Crippen LogP contribution in [0, 0.1) is 0 Å². The van der Waals surface area contributed by atoms with Crippen molar-refractivity contribution in [2.45, 2.75) is 52.1 Å². The van der Waals surface area contributed by atoms with Gasteiger partial charge in [-0.05, 0) is 33.7 Å². The zero-order valence-electron chi connectivity index (χ0n) is 18.8. The van der Waals surface area contributed by atoms with Gasteiger partial charge in [0.05, 0.1) is 19.8 Å². The molecule has 0 fully saturated rings. The van der Waals surface area contributed by atoms with Crippen LogP contribution in [0.5, 0.6) is 0 Å². The Labute approximate surface area is 176 Å². The fourth-order valence-electron chi connectivity index (χ4n) is 2.49. The maximum Gasteiger partial charge on any atom is 0.507 e. The molecule has 0 aromatic carbocycles. The molecule has 0 aliphatic carbocycles. The number of methoxy groups -OCH3 is 3. The Bertz CT molecular complexity index is 305. The quantitative estimate of drug-likeness (QED) is 0.206. The van der Waals surface area contributed by atoms with Crippen molar-refractivity contribution in [3.8, 4) is 0 Å². The van der Waals surface area contributed by atoms with Crippen molar-refractivity contribution in [1.82, 2.24) is 0 Å². The molecule has 0 rings (SSSR count). The van der Waals surface area contributed by atoms with Gasteiger partial charge in [0.2, 0.25) is 0 Å².